The molecule has 1 atom stereocenters. The van der Waals surface area contributed by atoms with Crippen LogP contribution < -0.4 is 5.73 Å². The number of para-hydroxylation sites is 1. The van der Waals surface area contributed by atoms with Crippen molar-refractivity contribution in [2.45, 2.75) is 31.7 Å². The molecule has 1 saturated carbocycles. The van der Waals surface area contributed by atoms with Gasteiger partial charge in [-0.25, -0.2) is 4.98 Å². The van der Waals surface area contributed by atoms with Gasteiger partial charge in [0.2, 0.25) is 0 Å². The van der Waals surface area contributed by atoms with Crippen LogP contribution in [0.25, 0.3) is 10.2 Å². The summed E-state index contributed by atoms with van der Waals surface area (Å²) in [5.41, 5.74) is 6.95. The second-order valence-electron chi connectivity index (χ2n) is 5.00. The Labute approximate surface area is 110 Å². The fraction of sp³-hybridized carbons (Fsp3) is 0.429. The summed E-state index contributed by atoms with van der Waals surface area (Å²) in [6, 6.07) is 8.05. The molecule has 2 aromatic rings. The van der Waals surface area contributed by atoms with Crippen LogP contribution in [0.4, 0.5) is 0 Å². The van der Waals surface area contributed by atoms with Crippen LogP contribution in [-0.2, 0) is 11.2 Å². The molecule has 0 aliphatic heterocycles. The van der Waals surface area contributed by atoms with Crippen LogP contribution in [0.5, 0.6) is 0 Å². The first kappa shape index (κ1) is 11.8. The zero-order valence-corrected chi connectivity index (χ0v) is 11.0. The van der Waals surface area contributed by atoms with Gasteiger partial charge in [0.05, 0.1) is 16.6 Å². The molecular weight excluding hydrogens is 244 g/mol. The average Bonchev–Trinajstić information content (AvgIpc) is 3.10. The number of hydrogen-bond donors (Lipinski definition) is 1. The van der Waals surface area contributed by atoms with Gasteiger partial charge in [0.1, 0.15) is 10.8 Å². The van der Waals surface area contributed by atoms with Crippen LogP contribution in [0, 0.1) is 5.92 Å². The highest BCUT2D eigenvalue weighted by Gasteiger charge is 2.29. The number of Topliss-reactive ketones (excluding diaryl/α,β-unsaturated/α-hetero) is 1. The molecule has 0 amide bonds. The Kier molecular flexibility index (Phi) is 3.14. The monoisotopic (exact) mass is 260 g/mol. The lowest BCUT2D eigenvalue weighted by atomic mass is 10.1. The van der Waals surface area contributed by atoms with Gasteiger partial charge in [-0.1, -0.05) is 12.1 Å². The standard InChI is InChI=1S/C14H16N2OS/c15-11(9-5-6-9)7-10(17)8-14-16-12-3-1-2-4-13(12)18-14/h1-4,9,11H,5-8,15H2. The van der Waals surface area contributed by atoms with Crippen molar-refractivity contribution in [3.63, 3.8) is 0 Å². The Morgan fingerprint density at radius 1 is 1.44 bits per heavy atom. The van der Waals surface area contributed by atoms with Crippen molar-refractivity contribution in [1.29, 1.82) is 0 Å². The van der Waals surface area contributed by atoms with E-state index in [0.29, 0.717) is 18.8 Å². The van der Waals surface area contributed by atoms with Crippen LogP contribution >= 0.6 is 11.3 Å². The molecule has 1 heterocycles. The molecule has 1 aromatic carbocycles. The minimum atomic E-state index is 0.0619. The Hall–Kier alpha value is -1.26. The fourth-order valence-corrected chi connectivity index (χ4v) is 3.19. The van der Waals surface area contributed by atoms with Gasteiger partial charge in [-0.05, 0) is 30.9 Å². The van der Waals surface area contributed by atoms with Crippen molar-refractivity contribution in [2.24, 2.45) is 11.7 Å². The van der Waals surface area contributed by atoms with E-state index in [1.54, 1.807) is 11.3 Å². The molecular formula is C14H16N2OS. The molecule has 3 nitrogen and oxygen atoms in total. The van der Waals surface area contributed by atoms with Gasteiger partial charge in [0.15, 0.2) is 0 Å². The van der Waals surface area contributed by atoms with E-state index in [2.05, 4.69) is 4.98 Å². The van der Waals surface area contributed by atoms with Gasteiger partial charge in [-0.2, -0.15) is 0 Å². The van der Waals surface area contributed by atoms with Crippen LogP contribution in [0.1, 0.15) is 24.3 Å². The molecule has 2 N–H and O–H groups in total. The first-order chi connectivity index (χ1) is 8.72. The van der Waals surface area contributed by atoms with Gasteiger partial charge in [0, 0.05) is 12.5 Å². The van der Waals surface area contributed by atoms with Crippen molar-refractivity contribution in [1.82, 2.24) is 4.98 Å². The number of carbonyl (C=O) groups excluding carboxylic acids is 1. The quantitative estimate of drug-likeness (QED) is 0.898. The summed E-state index contributed by atoms with van der Waals surface area (Å²) in [5.74, 6) is 0.803. The predicted octanol–water partition coefficient (Wildman–Crippen LogP) is 2.54. The molecule has 0 bridgehead atoms. The molecule has 1 aliphatic carbocycles. The van der Waals surface area contributed by atoms with E-state index in [0.717, 1.165) is 15.2 Å². The number of ketones is 1. The zero-order valence-electron chi connectivity index (χ0n) is 10.1. The zero-order chi connectivity index (χ0) is 12.5. The lowest BCUT2D eigenvalue weighted by molar-refractivity contribution is -0.118. The lowest BCUT2D eigenvalue weighted by Crippen LogP contribution is -2.26. The van der Waals surface area contributed by atoms with Crippen LogP contribution in [-0.4, -0.2) is 16.8 Å². The van der Waals surface area contributed by atoms with Gasteiger partial charge in [-0.3, -0.25) is 4.79 Å². The van der Waals surface area contributed by atoms with E-state index in [1.807, 2.05) is 24.3 Å². The molecule has 0 radical (unpaired) electrons. The first-order valence-electron chi connectivity index (χ1n) is 6.34. The average molecular weight is 260 g/mol. The van der Waals surface area contributed by atoms with Crippen molar-refractivity contribution in [2.75, 3.05) is 0 Å². The van der Waals surface area contributed by atoms with E-state index in [4.69, 9.17) is 5.73 Å². The molecule has 3 rings (SSSR count). The minimum Gasteiger partial charge on any atom is -0.327 e. The summed E-state index contributed by atoms with van der Waals surface area (Å²) in [4.78, 5) is 16.4. The maximum atomic E-state index is 11.9. The van der Waals surface area contributed by atoms with Gasteiger partial charge in [-0.15, -0.1) is 11.3 Å². The number of carbonyl (C=O) groups is 1. The van der Waals surface area contributed by atoms with Crippen LogP contribution in [0.15, 0.2) is 24.3 Å². The van der Waals surface area contributed by atoms with E-state index in [-0.39, 0.29) is 11.8 Å². The molecule has 18 heavy (non-hydrogen) atoms. The third-order valence-electron chi connectivity index (χ3n) is 3.38. The number of fused-ring (bicyclic) bond motifs is 1. The molecule has 1 unspecified atom stereocenters. The van der Waals surface area contributed by atoms with Gasteiger partial charge in [0.25, 0.3) is 0 Å². The van der Waals surface area contributed by atoms with E-state index >= 15 is 0 Å². The van der Waals surface area contributed by atoms with Crippen LogP contribution in [0.2, 0.25) is 0 Å². The number of aromatic nitrogens is 1. The Morgan fingerprint density at radius 3 is 2.94 bits per heavy atom. The lowest BCUT2D eigenvalue weighted by Gasteiger charge is -2.07. The topological polar surface area (TPSA) is 56.0 Å². The van der Waals surface area contributed by atoms with Crippen molar-refractivity contribution < 1.29 is 4.79 Å². The van der Waals surface area contributed by atoms with Gasteiger partial charge >= 0.3 is 0 Å². The predicted molar refractivity (Wildman–Crippen MR) is 73.6 cm³/mol. The smallest absolute Gasteiger partial charge is 0.141 e. The number of benzene rings is 1. The van der Waals surface area contributed by atoms with Crippen molar-refractivity contribution in [3.05, 3.63) is 29.3 Å². The summed E-state index contributed by atoms with van der Waals surface area (Å²) in [6.07, 6.45) is 3.31. The summed E-state index contributed by atoms with van der Waals surface area (Å²) >= 11 is 1.60. The van der Waals surface area contributed by atoms with Gasteiger partial charge < -0.3 is 5.73 Å². The Bertz CT molecular complexity index is 541. The summed E-state index contributed by atoms with van der Waals surface area (Å²) in [6.45, 7) is 0. The van der Waals surface area contributed by atoms with Crippen molar-refractivity contribution >= 4 is 27.3 Å². The third-order valence-corrected chi connectivity index (χ3v) is 4.41. The summed E-state index contributed by atoms with van der Waals surface area (Å²) in [7, 11) is 0. The first-order valence-corrected chi connectivity index (χ1v) is 7.16. The number of nitrogens with two attached hydrogens (primary N) is 1. The fourth-order valence-electron chi connectivity index (χ4n) is 2.19. The number of hydrogen-bond acceptors (Lipinski definition) is 4. The summed E-state index contributed by atoms with van der Waals surface area (Å²) in [5, 5.41) is 0.907. The normalized spacial score (nSPS) is 16.9. The summed E-state index contributed by atoms with van der Waals surface area (Å²) < 4.78 is 1.15. The highest BCUT2D eigenvalue weighted by Crippen LogP contribution is 2.33. The number of rotatable bonds is 5. The van der Waals surface area contributed by atoms with E-state index < -0.39 is 0 Å². The van der Waals surface area contributed by atoms with E-state index in [1.165, 1.54) is 12.8 Å². The molecule has 1 aliphatic rings. The highest BCUT2D eigenvalue weighted by molar-refractivity contribution is 7.18. The molecule has 0 spiro atoms. The van der Waals surface area contributed by atoms with Crippen LogP contribution in [0.3, 0.4) is 0 Å². The van der Waals surface area contributed by atoms with Crippen molar-refractivity contribution in [3.8, 4) is 0 Å². The Balaban J connectivity index is 1.65. The number of thiazole rings is 1. The maximum Gasteiger partial charge on any atom is 0.141 e. The molecule has 1 aromatic heterocycles. The third kappa shape index (κ3) is 2.60. The molecule has 94 valence electrons. The Morgan fingerprint density at radius 2 is 2.22 bits per heavy atom. The SMILES string of the molecule is NC(CC(=O)Cc1nc2ccccc2s1)C1CC1. The second kappa shape index (κ2) is 4.78. The maximum absolute atomic E-state index is 11.9. The molecule has 4 heteroatoms. The van der Waals surface area contributed by atoms with E-state index in [9.17, 15) is 4.79 Å². The highest BCUT2D eigenvalue weighted by atomic mass is 32.1. The molecule has 0 saturated heterocycles. The molecule has 1 fully saturated rings. The number of nitrogens with zero attached hydrogens (tertiary/aromatic N) is 1. The minimum absolute atomic E-state index is 0.0619. The largest absolute Gasteiger partial charge is 0.327 e. The second-order valence-corrected chi connectivity index (χ2v) is 6.11.